The molecule has 0 saturated heterocycles. The molecule has 1 amide bonds. The zero-order valence-electron chi connectivity index (χ0n) is 13.8. The highest BCUT2D eigenvalue weighted by atomic mass is 16.5. The summed E-state index contributed by atoms with van der Waals surface area (Å²) in [5.41, 5.74) is 4.47. The molecular weight excluding hydrogens is 304 g/mol. The van der Waals surface area contributed by atoms with Gasteiger partial charge in [0.1, 0.15) is 5.76 Å². The van der Waals surface area contributed by atoms with E-state index in [4.69, 9.17) is 4.52 Å². The average molecular weight is 322 g/mol. The monoisotopic (exact) mass is 322 g/mol. The first-order chi connectivity index (χ1) is 11.5. The Balaban J connectivity index is 1.77. The number of rotatable bonds is 4. The number of aromatic nitrogens is 2. The molecule has 0 spiro atoms. The summed E-state index contributed by atoms with van der Waals surface area (Å²) in [5, 5.41) is 9.70. The van der Waals surface area contributed by atoms with E-state index in [0.717, 1.165) is 11.4 Å². The van der Waals surface area contributed by atoms with Gasteiger partial charge >= 0.3 is 0 Å². The van der Waals surface area contributed by atoms with Gasteiger partial charge in [-0.25, -0.2) is 0 Å². The maximum Gasteiger partial charge on any atom is 0.258 e. The molecule has 6 nitrogen and oxygen atoms in total. The number of pyridine rings is 1. The number of nitrogens with zero attached hydrogens (tertiary/aromatic N) is 2. The third kappa shape index (κ3) is 3.78. The van der Waals surface area contributed by atoms with Crippen molar-refractivity contribution in [3.8, 4) is 0 Å². The van der Waals surface area contributed by atoms with Crippen LogP contribution < -0.4 is 10.6 Å². The third-order valence-corrected chi connectivity index (χ3v) is 3.38. The molecule has 0 saturated carbocycles. The number of hydrogen-bond donors (Lipinski definition) is 2. The van der Waals surface area contributed by atoms with Crippen LogP contribution >= 0.6 is 0 Å². The minimum absolute atomic E-state index is 0.292. The summed E-state index contributed by atoms with van der Waals surface area (Å²) >= 11 is 0. The lowest BCUT2D eigenvalue weighted by atomic mass is 10.1. The van der Waals surface area contributed by atoms with Crippen LogP contribution in [-0.4, -0.2) is 16.0 Å². The van der Waals surface area contributed by atoms with E-state index < -0.39 is 0 Å². The summed E-state index contributed by atoms with van der Waals surface area (Å²) in [7, 11) is 0. The molecule has 2 heterocycles. The molecule has 0 unspecified atom stereocenters. The minimum Gasteiger partial charge on any atom is -0.360 e. The standard InChI is InChI=1S/C18H18N4O2/c1-11-4-12(2)6-15(5-11)20-16-8-14(9-19-10-16)18(23)21-17-7-13(3)24-22-17/h4-10,20H,1-3H3,(H,21,22,23). The fourth-order valence-corrected chi connectivity index (χ4v) is 2.46. The SMILES string of the molecule is Cc1cc(C)cc(Nc2cncc(C(=O)Nc3cc(C)on3)c2)c1. The van der Waals surface area contributed by atoms with Crippen LogP contribution in [0.25, 0.3) is 0 Å². The first kappa shape index (κ1) is 15.7. The topological polar surface area (TPSA) is 80.0 Å². The molecule has 3 rings (SSSR count). The smallest absolute Gasteiger partial charge is 0.258 e. The van der Waals surface area contributed by atoms with E-state index >= 15 is 0 Å². The highest BCUT2D eigenvalue weighted by Gasteiger charge is 2.10. The predicted octanol–water partition coefficient (Wildman–Crippen LogP) is 3.99. The van der Waals surface area contributed by atoms with Gasteiger partial charge in [0.05, 0.1) is 17.4 Å². The van der Waals surface area contributed by atoms with Crippen molar-refractivity contribution >= 4 is 23.1 Å². The quantitative estimate of drug-likeness (QED) is 0.759. The van der Waals surface area contributed by atoms with Crippen LogP contribution in [0, 0.1) is 20.8 Å². The van der Waals surface area contributed by atoms with E-state index in [2.05, 4.69) is 26.8 Å². The fourth-order valence-electron chi connectivity index (χ4n) is 2.46. The van der Waals surface area contributed by atoms with Gasteiger partial charge in [-0.1, -0.05) is 11.2 Å². The fraction of sp³-hybridized carbons (Fsp3) is 0.167. The third-order valence-electron chi connectivity index (χ3n) is 3.38. The van der Waals surface area contributed by atoms with Gasteiger partial charge in [0.2, 0.25) is 0 Å². The second kappa shape index (κ2) is 6.54. The molecule has 1 aromatic carbocycles. The van der Waals surface area contributed by atoms with E-state index in [1.54, 1.807) is 25.3 Å². The van der Waals surface area contributed by atoms with E-state index in [9.17, 15) is 4.79 Å². The van der Waals surface area contributed by atoms with E-state index in [1.165, 1.54) is 17.3 Å². The van der Waals surface area contributed by atoms with Crippen molar-refractivity contribution in [1.29, 1.82) is 0 Å². The largest absolute Gasteiger partial charge is 0.360 e. The molecular formula is C18H18N4O2. The highest BCUT2D eigenvalue weighted by Crippen LogP contribution is 2.20. The van der Waals surface area contributed by atoms with E-state index in [-0.39, 0.29) is 5.91 Å². The van der Waals surface area contributed by atoms with Gasteiger partial charge in [-0.15, -0.1) is 0 Å². The number of carbonyl (C=O) groups is 1. The Morgan fingerprint density at radius 2 is 1.71 bits per heavy atom. The van der Waals surface area contributed by atoms with Gasteiger partial charge in [0.15, 0.2) is 5.82 Å². The number of anilines is 3. The summed E-state index contributed by atoms with van der Waals surface area (Å²) < 4.78 is 4.93. The van der Waals surface area contributed by atoms with Crippen LogP contribution in [0.4, 0.5) is 17.2 Å². The van der Waals surface area contributed by atoms with Gasteiger partial charge in [0, 0.05) is 18.0 Å². The summed E-state index contributed by atoms with van der Waals surface area (Å²) in [4.78, 5) is 16.4. The number of carbonyl (C=O) groups excluding carboxylic acids is 1. The Hall–Kier alpha value is -3.15. The zero-order chi connectivity index (χ0) is 17.1. The molecule has 0 atom stereocenters. The zero-order valence-corrected chi connectivity index (χ0v) is 13.8. The van der Waals surface area contributed by atoms with Crippen molar-refractivity contribution in [3.05, 3.63) is 65.2 Å². The van der Waals surface area contributed by atoms with Crippen molar-refractivity contribution < 1.29 is 9.32 Å². The van der Waals surface area contributed by atoms with Crippen LogP contribution in [0.5, 0.6) is 0 Å². The lowest BCUT2D eigenvalue weighted by Crippen LogP contribution is -2.12. The second-order valence-corrected chi connectivity index (χ2v) is 5.74. The Morgan fingerprint density at radius 1 is 0.958 bits per heavy atom. The summed E-state index contributed by atoms with van der Waals surface area (Å²) in [6, 6.07) is 9.58. The van der Waals surface area contributed by atoms with Crippen LogP contribution in [-0.2, 0) is 0 Å². The lowest BCUT2D eigenvalue weighted by molar-refractivity contribution is 0.102. The van der Waals surface area contributed by atoms with E-state index in [1.807, 2.05) is 26.0 Å². The lowest BCUT2D eigenvalue weighted by Gasteiger charge is -2.09. The van der Waals surface area contributed by atoms with Crippen LogP contribution in [0.15, 0.2) is 47.2 Å². The molecule has 24 heavy (non-hydrogen) atoms. The van der Waals surface area contributed by atoms with Gasteiger partial charge in [-0.2, -0.15) is 0 Å². The average Bonchev–Trinajstić information content (AvgIpc) is 2.91. The number of benzene rings is 1. The first-order valence-corrected chi connectivity index (χ1v) is 7.54. The Bertz CT molecular complexity index is 866. The van der Waals surface area contributed by atoms with Crippen molar-refractivity contribution in [2.24, 2.45) is 0 Å². The number of nitrogens with one attached hydrogen (secondary N) is 2. The van der Waals surface area contributed by atoms with Gasteiger partial charge in [0.25, 0.3) is 5.91 Å². The molecule has 0 aliphatic heterocycles. The molecule has 0 radical (unpaired) electrons. The Kier molecular flexibility index (Phi) is 4.29. The number of aryl methyl sites for hydroxylation is 3. The molecule has 0 aliphatic carbocycles. The summed E-state index contributed by atoms with van der Waals surface area (Å²) in [5.74, 6) is 0.721. The molecule has 2 aromatic heterocycles. The van der Waals surface area contributed by atoms with Crippen molar-refractivity contribution in [2.75, 3.05) is 10.6 Å². The Morgan fingerprint density at radius 3 is 2.38 bits per heavy atom. The molecule has 2 N–H and O–H groups in total. The van der Waals surface area contributed by atoms with E-state index in [0.29, 0.717) is 17.1 Å². The molecule has 0 bridgehead atoms. The van der Waals surface area contributed by atoms with Gasteiger partial charge in [-0.05, 0) is 50.1 Å². The molecule has 3 aromatic rings. The van der Waals surface area contributed by atoms with Crippen molar-refractivity contribution in [2.45, 2.75) is 20.8 Å². The molecule has 6 heteroatoms. The molecule has 122 valence electrons. The highest BCUT2D eigenvalue weighted by molar-refractivity contribution is 6.04. The normalized spacial score (nSPS) is 10.5. The van der Waals surface area contributed by atoms with Gasteiger partial charge < -0.3 is 15.2 Å². The van der Waals surface area contributed by atoms with Gasteiger partial charge in [-0.3, -0.25) is 9.78 Å². The summed E-state index contributed by atoms with van der Waals surface area (Å²) in [6.07, 6.45) is 3.18. The number of hydrogen-bond acceptors (Lipinski definition) is 5. The first-order valence-electron chi connectivity index (χ1n) is 7.54. The minimum atomic E-state index is -0.292. The Labute approximate surface area is 139 Å². The second-order valence-electron chi connectivity index (χ2n) is 5.74. The maximum absolute atomic E-state index is 12.3. The van der Waals surface area contributed by atoms with Crippen LogP contribution in [0.3, 0.4) is 0 Å². The van der Waals surface area contributed by atoms with Crippen LogP contribution in [0.1, 0.15) is 27.2 Å². The van der Waals surface area contributed by atoms with Crippen molar-refractivity contribution in [1.82, 2.24) is 10.1 Å². The van der Waals surface area contributed by atoms with Crippen LogP contribution in [0.2, 0.25) is 0 Å². The summed E-state index contributed by atoms with van der Waals surface area (Å²) in [6.45, 7) is 5.85. The van der Waals surface area contributed by atoms with Crippen molar-refractivity contribution in [3.63, 3.8) is 0 Å². The molecule has 0 aliphatic rings. The predicted molar refractivity (Wildman–Crippen MR) is 92.6 cm³/mol. The number of amides is 1. The maximum atomic E-state index is 12.3. The molecule has 0 fully saturated rings.